The fraction of sp³-hybridized carbons (Fsp3) is 0.235. The van der Waals surface area contributed by atoms with Gasteiger partial charge in [-0.1, -0.05) is 6.07 Å². The zero-order valence-corrected chi connectivity index (χ0v) is 13.0. The standard InChI is InChI=1S/C17H16N2O4/c1-10-7-15(11(2)22-10)17(21)23-12(3)16(20)19-14-6-4-5-13(8-14)9-18/h4-8,12H,1-3H3,(H,19,20)/t12-/m1/s1. The molecule has 0 bridgehead atoms. The summed E-state index contributed by atoms with van der Waals surface area (Å²) < 4.78 is 10.4. The first-order valence-corrected chi connectivity index (χ1v) is 6.99. The molecule has 0 aliphatic carbocycles. The van der Waals surface area contributed by atoms with E-state index in [0.717, 1.165) is 0 Å². The molecule has 0 aliphatic heterocycles. The maximum absolute atomic E-state index is 12.1. The lowest BCUT2D eigenvalue weighted by molar-refractivity contribution is -0.123. The van der Waals surface area contributed by atoms with Gasteiger partial charge in [0.2, 0.25) is 0 Å². The summed E-state index contributed by atoms with van der Waals surface area (Å²) in [5, 5.41) is 11.4. The second-order valence-electron chi connectivity index (χ2n) is 5.06. The molecule has 0 fully saturated rings. The van der Waals surface area contributed by atoms with Gasteiger partial charge in [0.25, 0.3) is 5.91 Å². The Balaban J connectivity index is 2.01. The highest BCUT2D eigenvalue weighted by Crippen LogP contribution is 2.16. The number of ether oxygens (including phenoxy) is 1. The summed E-state index contributed by atoms with van der Waals surface area (Å²) in [5.41, 5.74) is 1.19. The number of hydrogen-bond donors (Lipinski definition) is 1. The molecule has 118 valence electrons. The van der Waals surface area contributed by atoms with Crippen LogP contribution in [-0.2, 0) is 9.53 Å². The van der Waals surface area contributed by atoms with Crippen LogP contribution in [0.1, 0.15) is 34.4 Å². The lowest BCUT2D eigenvalue weighted by Crippen LogP contribution is -2.30. The van der Waals surface area contributed by atoms with Crippen molar-refractivity contribution in [3.8, 4) is 6.07 Å². The molecule has 0 spiro atoms. The summed E-state index contributed by atoms with van der Waals surface area (Å²) in [6.07, 6.45) is -0.983. The molecule has 1 amide bonds. The molecule has 1 atom stereocenters. The van der Waals surface area contributed by atoms with E-state index < -0.39 is 18.0 Å². The van der Waals surface area contributed by atoms with Crippen molar-refractivity contribution in [2.75, 3.05) is 5.32 Å². The van der Waals surface area contributed by atoms with Gasteiger partial charge < -0.3 is 14.5 Å². The van der Waals surface area contributed by atoms with Crippen LogP contribution in [0, 0.1) is 25.2 Å². The number of esters is 1. The van der Waals surface area contributed by atoms with Gasteiger partial charge in [-0.25, -0.2) is 4.79 Å². The fourth-order valence-corrected chi connectivity index (χ4v) is 2.02. The molecule has 1 aromatic carbocycles. The van der Waals surface area contributed by atoms with Crippen LogP contribution in [0.2, 0.25) is 0 Å². The van der Waals surface area contributed by atoms with E-state index in [1.807, 2.05) is 6.07 Å². The van der Waals surface area contributed by atoms with Crippen molar-refractivity contribution in [3.05, 3.63) is 53.0 Å². The zero-order chi connectivity index (χ0) is 17.0. The molecule has 1 heterocycles. The van der Waals surface area contributed by atoms with E-state index in [4.69, 9.17) is 14.4 Å². The molecule has 1 aromatic heterocycles. The van der Waals surface area contributed by atoms with E-state index in [2.05, 4.69) is 5.32 Å². The number of carbonyl (C=O) groups is 2. The molecule has 0 saturated heterocycles. The van der Waals surface area contributed by atoms with Crippen molar-refractivity contribution in [3.63, 3.8) is 0 Å². The highest BCUT2D eigenvalue weighted by molar-refractivity contribution is 5.97. The Morgan fingerprint density at radius 1 is 1.30 bits per heavy atom. The Labute approximate surface area is 133 Å². The van der Waals surface area contributed by atoms with Crippen LogP contribution >= 0.6 is 0 Å². The van der Waals surface area contributed by atoms with Crippen LogP contribution in [0.4, 0.5) is 5.69 Å². The maximum Gasteiger partial charge on any atom is 0.342 e. The predicted octanol–water partition coefficient (Wildman–Crippen LogP) is 2.95. The van der Waals surface area contributed by atoms with Gasteiger partial charge in [-0.15, -0.1) is 0 Å². The molecule has 6 nitrogen and oxygen atoms in total. The van der Waals surface area contributed by atoms with Gasteiger partial charge in [0.05, 0.1) is 11.6 Å². The second-order valence-corrected chi connectivity index (χ2v) is 5.06. The van der Waals surface area contributed by atoms with Crippen LogP contribution in [0.15, 0.2) is 34.7 Å². The monoisotopic (exact) mass is 312 g/mol. The molecule has 1 N–H and O–H groups in total. The van der Waals surface area contributed by atoms with Crippen LogP contribution in [0.3, 0.4) is 0 Å². The minimum atomic E-state index is -0.983. The number of hydrogen-bond acceptors (Lipinski definition) is 5. The minimum Gasteiger partial charge on any atom is -0.466 e. The van der Waals surface area contributed by atoms with E-state index in [1.165, 1.54) is 13.0 Å². The van der Waals surface area contributed by atoms with Crippen molar-refractivity contribution in [1.29, 1.82) is 5.26 Å². The number of aryl methyl sites for hydroxylation is 2. The van der Waals surface area contributed by atoms with Crippen LogP contribution in [-0.4, -0.2) is 18.0 Å². The third-order valence-electron chi connectivity index (χ3n) is 3.17. The lowest BCUT2D eigenvalue weighted by Gasteiger charge is -2.13. The smallest absolute Gasteiger partial charge is 0.342 e. The Hall–Kier alpha value is -3.07. The number of nitriles is 1. The number of amides is 1. The quantitative estimate of drug-likeness (QED) is 0.876. The summed E-state index contributed by atoms with van der Waals surface area (Å²) in [6.45, 7) is 4.85. The van der Waals surface area contributed by atoms with E-state index in [1.54, 1.807) is 38.1 Å². The van der Waals surface area contributed by atoms with Crippen LogP contribution in [0.5, 0.6) is 0 Å². The fourth-order valence-electron chi connectivity index (χ4n) is 2.02. The molecular weight excluding hydrogens is 296 g/mol. The van der Waals surface area contributed by atoms with Gasteiger partial charge >= 0.3 is 5.97 Å². The number of furan rings is 1. The maximum atomic E-state index is 12.1. The first-order chi connectivity index (χ1) is 10.9. The minimum absolute atomic E-state index is 0.300. The second kappa shape index (κ2) is 6.79. The largest absolute Gasteiger partial charge is 0.466 e. The van der Waals surface area contributed by atoms with Gasteiger partial charge in [0.15, 0.2) is 6.10 Å². The molecule has 2 aromatic rings. The molecule has 2 rings (SSSR count). The number of rotatable bonds is 4. The lowest BCUT2D eigenvalue weighted by atomic mass is 10.2. The SMILES string of the molecule is Cc1cc(C(=O)O[C@H](C)C(=O)Nc2cccc(C#N)c2)c(C)o1. The number of nitrogens with one attached hydrogen (secondary N) is 1. The third kappa shape index (κ3) is 3.98. The Bertz CT molecular complexity index is 786. The van der Waals surface area contributed by atoms with Gasteiger partial charge in [-0.05, 0) is 45.0 Å². The predicted molar refractivity (Wildman–Crippen MR) is 82.8 cm³/mol. The van der Waals surface area contributed by atoms with E-state index in [-0.39, 0.29) is 0 Å². The Morgan fingerprint density at radius 2 is 2.04 bits per heavy atom. The summed E-state index contributed by atoms with van der Waals surface area (Å²) in [6, 6.07) is 10.0. The van der Waals surface area contributed by atoms with Crippen molar-refractivity contribution >= 4 is 17.6 Å². The molecule has 0 aliphatic rings. The zero-order valence-electron chi connectivity index (χ0n) is 13.0. The summed E-state index contributed by atoms with van der Waals surface area (Å²) in [5.74, 6) is -0.0548. The summed E-state index contributed by atoms with van der Waals surface area (Å²) >= 11 is 0. The topological polar surface area (TPSA) is 92.3 Å². The Kier molecular flexibility index (Phi) is 4.82. The average molecular weight is 312 g/mol. The molecular formula is C17H16N2O4. The number of anilines is 1. The van der Waals surface area contributed by atoms with E-state index in [0.29, 0.717) is 28.3 Å². The van der Waals surface area contributed by atoms with E-state index in [9.17, 15) is 9.59 Å². The molecule has 6 heteroatoms. The normalized spacial score (nSPS) is 11.4. The number of nitrogens with zero attached hydrogens (tertiary/aromatic N) is 1. The van der Waals surface area contributed by atoms with E-state index >= 15 is 0 Å². The van der Waals surface area contributed by atoms with Crippen LogP contribution in [0.25, 0.3) is 0 Å². The molecule has 23 heavy (non-hydrogen) atoms. The first-order valence-electron chi connectivity index (χ1n) is 6.99. The first kappa shape index (κ1) is 16.3. The third-order valence-corrected chi connectivity index (χ3v) is 3.17. The van der Waals surface area contributed by atoms with Crippen molar-refractivity contribution in [2.24, 2.45) is 0 Å². The number of benzene rings is 1. The van der Waals surface area contributed by atoms with Crippen LogP contribution < -0.4 is 5.32 Å². The van der Waals surface area contributed by atoms with Gasteiger partial charge in [-0.2, -0.15) is 5.26 Å². The summed E-state index contributed by atoms with van der Waals surface area (Å²) in [7, 11) is 0. The van der Waals surface area contributed by atoms with Crippen molar-refractivity contribution in [1.82, 2.24) is 0 Å². The van der Waals surface area contributed by atoms with Gasteiger partial charge in [0.1, 0.15) is 17.1 Å². The van der Waals surface area contributed by atoms with Crippen molar-refractivity contribution < 1.29 is 18.7 Å². The molecule has 0 radical (unpaired) electrons. The van der Waals surface area contributed by atoms with Gasteiger partial charge in [-0.3, -0.25) is 4.79 Å². The van der Waals surface area contributed by atoms with Crippen molar-refractivity contribution in [2.45, 2.75) is 26.9 Å². The Morgan fingerprint density at radius 3 is 2.65 bits per heavy atom. The molecule has 0 unspecified atom stereocenters. The molecule has 0 saturated carbocycles. The highest BCUT2D eigenvalue weighted by atomic mass is 16.5. The summed E-state index contributed by atoms with van der Waals surface area (Å²) in [4.78, 5) is 24.1. The van der Waals surface area contributed by atoms with Gasteiger partial charge in [0, 0.05) is 5.69 Å². The highest BCUT2D eigenvalue weighted by Gasteiger charge is 2.22. The number of carbonyl (C=O) groups excluding carboxylic acids is 2. The average Bonchev–Trinajstić information content (AvgIpc) is 2.86.